The van der Waals surface area contributed by atoms with Crippen molar-refractivity contribution >= 4 is 28.8 Å². The van der Waals surface area contributed by atoms with Crippen molar-refractivity contribution in [2.24, 2.45) is 0 Å². The molecule has 2 aromatic rings. The third kappa shape index (κ3) is 3.51. The van der Waals surface area contributed by atoms with Crippen LogP contribution in [0.2, 0.25) is 5.15 Å². The molecule has 0 bridgehead atoms. The number of carbonyl (C=O) groups is 1. The summed E-state index contributed by atoms with van der Waals surface area (Å²) >= 11 is 7.32. The number of hydrogen-bond donors (Lipinski definition) is 1. The van der Waals surface area contributed by atoms with Crippen molar-refractivity contribution in [1.82, 2.24) is 15.3 Å². The topological polar surface area (TPSA) is 54.9 Å². The van der Waals surface area contributed by atoms with E-state index in [-0.39, 0.29) is 5.91 Å². The summed E-state index contributed by atoms with van der Waals surface area (Å²) < 4.78 is 0. The molecule has 0 aromatic carbocycles. The van der Waals surface area contributed by atoms with Crippen molar-refractivity contribution in [3.63, 3.8) is 0 Å². The van der Waals surface area contributed by atoms with Gasteiger partial charge in [-0.15, -0.1) is 11.3 Å². The number of amides is 1. The van der Waals surface area contributed by atoms with E-state index >= 15 is 0 Å². The molecule has 0 saturated carbocycles. The molecule has 1 amide bonds. The molecule has 0 atom stereocenters. The minimum Gasteiger partial charge on any atom is -0.350 e. The van der Waals surface area contributed by atoms with Crippen molar-refractivity contribution in [1.29, 1.82) is 0 Å². The number of aromatic nitrogens is 2. The molecular weight excluding hydrogens is 270 g/mol. The van der Waals surface area contributed by atoms with Gasteiger partial charge in [-0.1, -0.05) is 17.7 Å². The van der Waals surface area contributed by atoms with Gasteiger partial charge in [-0.3, -0.25) is 4.79 Å². The average Bonchev–Trinajstić information content (AvgIpc) is 2.75. The zero-order valence-corrected chi connectivity index (χ0v) is 11.4. The fourth-order valence-corrected chi connectivity index (χ4v) is 2.37. The maximum atomic E-state index is 11.7. The van der Waals surface area contributed by atoms with Gasteiger partial charge in [0.25, 0.3) is 5.91 Å². The first-order valence-corrected chi connectivity index (χ1v) is 6.72. The van der Waals surface area contributed by atoms with Gasteiger partial charge in [0.2, 0.25) is 0 Å². The van der Waals surface area contributed by atoms with Crippen LogP contribution >= 0.6 is 22.9 Å². The quantitative estimate of drug-likeness (QED) is 0.876. The van der Waals surface area contributed by atoms with Crippen LogP contribution in [0, 0.1) is 6.92 Å². The number of nitrogens with one attached hydrogen (secondary N) is 1. The van der Waals surface area contributed by atoms with Crippen molar-refractivity contribution < 1.29 is 4.79 Å². The molecule has 2 heterocycles. The molecule has 0 radical (unpaired) electrons. The number of rotatable bonds is 4. The van der Waals surface area contributed by atoms with E-state index in [0.717, 1.165) is 17.1 Å². The van der Waals surface area contributed by atoms with Gasteiger partial charge in [0.1, 0.15) is 10.8 Å². The molecule has 0 aliphatic rings. The molecule has 0 aliphatic heterocycles. The van der Waals surface area contributed by atoms with Gasteiger partial charge in [0.05, 0.1) is 5.01 Å². The highest BCUT2D eigenvalue weighted by molar-refractivity contribution is 7.09. The summed E-state index contributed by atoms with van der Waals surface area (Å²) in [5.41, 5.74) is 1.34. The van der Waals surface area contributed by atoms with Crippen LogP contribution in [0.25, 0.3) is 0 Å². The molecule has 0 saturated heterocycles. The number of halogens is 1. The minimum atomic E-state index is -0.217. The summed E-state index contributed by atoms with van der Waals surface area (Å²) in [5, 5.41) is 6.12. The molecular formula is C12H12ClN3OS. The summed E-state index contributed by atoms with van der Waals surface area (Å²) in [5.74, 6) is -0.217. The third-order valence-corrected chi connectivity index (χ3v) is 3.48. The van der Waals surface area contributed by atoms with Gasteiger partial charge in [-0.25, -0.2) is 9.97 Å². The Kier molecular flexibility index (Phi) is 4.28. The van der Waals surface area contributed by atoms with Crippen LogP contribution in [0.15, 0.2) is 23.6 Å². The lowest BCUT2D eigenvalue weighted by Crippen LogP contribution is -2.26. The van der Waals surface area contributed by atoms with Crippen molar-refractivity contribution in [2.75, 3.05) is 6.54 Å². The Morgan fingerprint density at radius 3 is 2.94 bits per heavy atom. The Balaban J connectivity index is 1.85. The van der Waals surface area contributed by atoms with Gasteiger partial charge in [0.15, 0.2) is 0 Å². The van der Waals surface area contributed by atoms with E-state index in [2.05, 4.69) is 15.3 Å². The van der Waals surface area contributed by atoms with E-state index in [1.807, 2.05) is 12.3 Å². The Morgan fingerprint density at radius 2 is 2.28 bits per heavy atom. The number of aryl methyl sites for hydroxylation is 1. The van der Waals surface area contributed by atoms with Gasteiger partial charge < -0.3 is 5.32 Å². The first-order valence-electron chi connectivity index (χ1n) is 5.47. The SMILES string of the molecule is Cc1csc(CCNC(=O)c2cccc(Cl)n2)n1. The molecule has 94 valence electrons. The molecule has 2 aromatic heterocycles. The highest BCUT2D eigenvalue weighted by Gasteiger charge is 2.07. The van der Waals surface area contributed by atoms with Crippen LogP contribution in [0.3, 0.4) is 0 Å². The Bertz CT molecular complexity index is 556. The van der Waals surface area contributed by atoms with Gasteiger partial charge in [0, 0.05) is 24.0 Å². The van der Waals surface area contributed by atoms with E-state index in [1.54, 1.807) is 29.5 Å². The molecule has 4 nitrogen and oxygen atoms in total. The molecule has 18 heavy (non-hydrogen) atoms. The number of carbonyl (C=O) groups excluding carboxylic acids is 1. The fourth-order valence-electron chi connectivity index (χ4n) is 1.43. The third-order valence-electron chi connectivity index (χ3n) is 2.24. The standard InChI is InChI=1S/C12H12ClN3OS/c1-8-7-18-11(15-8)5-6-14-12(17)9-3-2-4-10(13)16-9/h2-4,7H,5-6H2,1H3,(H,14,17). The zero-order valence-electron chi connectivity index (χ0n) is 9.81. The maximum Gasteiger partial charge on any atom is 0.269 e. The van der Waals surface area contributed by atoms with E-state index < -0.39 is 0 Å². The summed E-state index contributed by atoms with van der Waals surface area (Å²) in [7, 11) is 0. The number of thiazole rings is 1. The van der Waals surface area contributed by atoms with Crippen molar-refractivity contribution in [3.8, 4) is 0 Å². The Labute approximate surface area is 114 Å². The summed E-state index contributed by atoms with van der Waals surface area (Å²) in [4.78, 5) is 20.0. The molecule has 1 N–H and O–H groups in total. The first-order chi connectivity index (χ1) is 8.65. The zero-order chi connectivity index (χ0) is 13.0. The second-order valence-corrected chi connectivity index (χ2v) is 5.06. The van der Waals surface area contributed by atoms with Gasteiger partial charge in [-0.2, -0.15) is 0 Å². The molecule has 0 aliphatic carbocycles. The van der Waals surface area contributed by atoms with Crippen molar-refractivity contribution in [2.45, 2.75) is 13.3 Å². The molecule has 0 unspecified atom stereocenters. The monoisotopic (exact) mass is 281 g/mol. The summed E-state index contributed by atoms with van der Waals surface area (Å²) in [6, 6.07) is 4.97. The highest BCUT2D eigenvalue weighted by Crippen LogP contribution is 2.09. The normalized spacial score (nSPS) is 10.3. The number of hydrogen-bond acceptors (Lipinski definition) is 4. The number of pyridine rings is 1. The highest BCUT2D eigenvalue weighted by atomic mass is 35.5. The lowest BCUT2D eigenvalue weighted by Gasteiger charge is -2.03. The van der Waals surface area contributed by atoms with Crippen LogP contribution in [-0.2, 0) is 6.42 Å². The average molecular weight is 282 g/mol. The van der Waals surface area contributed by atoms with E-state index in [4.69, 9.17) is 11.6 Å². The van der Waals surface area contributed by atoms with Crippen LogP contribution in [0.5, 0.6) is 0 Å². The van der Waals surface area contributed by atoms with Gasteiger partial charge in [-0.05, 0) is 19.1 Å². The molecule has 0 spiro atoms. The lowest BCUT2D eigenvalue weighted by molar-refractivity contribution is 0.0949. The van der Waals surface area contributed by atoms with Crippen molar-refractivity contribution in [3.05, 3.63) is 45.1 Å². The lowest BCUT2D eigenvalue weighted by atomic mass is 10.3. The Hall–Kier alpha value is -1.46. The van der Waals surface area contributed by atoms with Crippen LogP contribution in [-0.4, -0.2) is 22.4 Å². The second-order valence-electron chi connectivity index (χ2n) is 3.73. The first kappa shape index (κ1) is 13.0. The maximum absolute atomic E-state index is 11.7. The van der Waals surface area contributed by atoms with Crippen LogP contribution in [0.1, 0.15) is 21.2 Å². The van der Waals surface area contributed by atoms with E-state index in [0.29, 0.717) is 17.4 Å². The van der Waals surface area contributed by atoms with Crippen LogP contribution in [0.4, 0.5) is 0 Å². The molecule has 6 heteroatoms. The number of nitrogens with zero attached hydrogens (tertiary/aromatic N) is 2. The summed E-state index contributed by atoms with van der Waals surface area (Å²) in [6.07, 6.45) is 0.727. The van der Waals surface area contributed by atoms with E-state index in [9.17, 15) is 4.79 Å². The fraction of sp³-hybridized carbons (Fsp3) is 0.250. The minimum absolute atomic E-state index is 0.217. The predicted octanol–water partition coefficient (Wildman–Crippen LogP) is 2.47. The Morgan fingerprint density at radius 1 is 1.44 bits per heavy atom. The van der Waals surface area contributed by atoms with Crippen LogP contribution < -0.4 is 5.32 Å². The van der Waals surface area contributed by atoms with Gasteiger partial charge >= 0.3 is 0 Å². The largest absolute Gasteiger partial charge is 0.350 e. The molecule has 0 fully saturated rings. The predicted molar refractivity (Wildman–Crippen MR) is 72.1 cm³/mol. The summed E-state index contributed by atoms with van der Waals surface area (Å²) in [6.45, 7) is 2.49. The second kappa shape index (κ2) is 5.93. The smallest absolute Gasteiger partial charge is 0.269 e. The van der Waals surface area contributed by atoms with E-state index in [1.165, 1.54) is 0 Å². The molecule has 2 rings (SSSR count).